The summed E-state index contributed by atoms with van der Waals surface area (Å²) in [6, 6.07) is 1.69. The van der Waals surface area contributed by atoms with Crippen LogP contribution in [0.4, 0.5) is 0 Å². The van der Waals surface area contributed by atoms with Crippen LogP contribution in [-0.2, 0) is 14.2 Å². The number of methoxy groups -OCH3 is 3. The predicted molar refractivity (Wildman–Crippen MR) is 96.0 cm³/mol. The van der Waals surface area contributed by atoms with Crippen molar-refractivity contribution in [1.82, 2.24) is 0 Å². The van der Waals surface area contributed by atoms with E-state index in [0.717, 1.165) is 19.3 Å². The Balaban J connectivity index is 0. The summed E-state index contributed by atoms with van der Waals surface area (Å²) in [6.07, 6.45) is 12.4. The fourth-order valence-electron chi connectivity index (χ4n) is 2.77. The van der Waals surface area contributed by atoms with Crippen LogP contribution < -0.4 is 0 Å². The molecule has 0 aromatic heterocycles. The average Bonchev–Trinajstić information content (AvgIpc) is 2.60. The molecule has 0 bridgehead atoms. The average molecular weight is 328 g/mol. The number of hydrogen-bond donors (Lipinski definition) is 0. The van der Waals surface area contributed by atoms with E-state index in [0.29, 0.717) is 5.92 Å². The van der Waals surface area contributed by atoms with Gasteiger partial charge in [0.2, 0.25) is 0 Å². The van der Waals surface area contributed by atoms with E-state index in [-0.39, 0.29) is 0 Å². The molecule has 0 spiro atoms. The lowest BCUT2D eigenvalue weighted by atomic mass is 9.93. The van der Waals surface area contributed by atoms with Crippen molar-refractivity contribution in [2.24, 2.45) is 5.92 Å². The number of nitrogens with zero attached hydrogens (tertiary/aromatic N) is 1. The molecule has 0 saturated heterocycles. The molecule has 0 N–H and O–H groups in total. The molecule has 0 aliphatic carbocycles. The molecule has 1 unspecified atom stereocenters. The summed E-state index contributed by atoms with van der Waals surface area (Å²) >= 11 is 0. The molecule has 23 heavy (non-hydrogen) atoms. The van der Waals surface area contributed by atoms with E-state index in [1.54, 1.807) is 27.4 Å². The molecule has 0 heterocycles. The summed E-state index contributed by atoms with van der Waals surface area (Å²) in [6.45, 7) is 7.56. The van der Waals surface area contributed by atoms with Gasteiger partial charge < -0.3 is 14.2 Å². The Kier molecular flexibility index (Phi) is 18.5. The maximum Gasteiger partial charge on any atom is 0.285 e. The molecule has 0 saturated carbocycles. The van der Waals surface area contributed by atoms with Crippen LogP contribution in [0.5, 0.6) is 0 Å². The summed E-state index contributed by atoms with van der Waals surface area (Å²) in [4.78, 5) is 0. The van der Waals surface area contributed by atoms with E-state index >= 15 is 0 Å². The Morgan fingerprint density at radius 3 is 1.78 bits per heavy atom. The maximum atomic E-state index is 7.51. The van der Waals surface area contributed by atoms with Gasteiger partial charge in [0, 0.05) is 33.3 Å². The third kappa shape index (κ3) is 11.3. The second kappa shape index (κ2) is 17.5. The molecular formula is C19H37NO3. The zero-order valence-corrected chi connectivity index (χ0v) is 15.9. The molecule has 0 rings (SSSR count). The van der Waals surface area contributed by atoms with Gasteiger partial charge in [0.05, 0.1) is 6.07 Å². The fourth-order valence-corrected chi connectivity index (χ4v) is 2.77. The molecule has 0 aliphatic heterocycles. The number of nitriles is 1. The Labute approximate surface area is 143 Å². The molecule has 4 heteroatoms. The molecule has 0 aromatic carbocycles. The Hall–Kier alpha value is -0.890. The van der Waals surface area contributed by atoms with Crippen LogP contribution in [0, 0.1) is 17.2 Å². The zero-order chi connectivity index (χ0) is 18.0. The van der Waals surface area contributed by atoms with Crippen molar-refractivity contribution in [2.75, 3.05) is 21.3 Å². The summed E-state index contributed by atoms with van der Waals surface area (Å²) in [5.74, 6) is -0.553. The van der Waals surface area contributed by atoms with Crippen LogP contribution in [0.2, 0.25) is 0 Å². The molecule has 0 aliphatic rings. The van der Waals surface area contributed by atoms with Crippen LogP contribution in [-0.4, -0.2) is 27.3 Å². The van der Waals surface area contributed by atoms with Gasteiger partial charge in [0.1, 0.15) is 0 Å². The van der Waals surface area contributed by atoms with E-state index in [1.165, 1.54) is 44.6 Å². The molecule has 1 atom stereocenters. The number of unbranched alkanes of at least 4 members (excludes halogenated alkanes) is 5. The number of hydrogen-bond acceptors (Lipinski definition) is 4. The lowest BCUT2D eigenvalue weighted by Crippen LogP contribution is -2.44. The highest BCUT2D eigenvalue weighted by molar-refractivity contribution is 4.93. The first-order chi connectivity index (χ1) is 11.1. The zero-order valence-electron chi connectivity index (χ0n) is 15.9. The van der Waals surface area contributed by atoms with E-state index < -0.39 is 5.97 Å². The number of rotatable bonds is 13. The topological polar surface area (TPSA) is 51.5 Å². The molecule has 0 aromatic rings. The highest BCUT2D eigenvalue weighted by Gasteiger charge is 2.38. The predicted octanol–water partition coefficient (Wildman–Crippen LogP) is 5.44. The van der Waals surface area contributed by atoms with E-state index in [1.807, 2.05) is 0 Å². The third-order valence-electron chi connectivity index (χ3n) is 3.99. The molecule has 0 fully saturated rings. The van der Waals surface area contributed by atoms with Crippen LogP contribution in [0.1, 0.15) is 71.6 Å². The first-order valence-corrected chi connectivity index (χ1v) is 8.78. The van der Waals surface area contributed by atoms with E-state index in [4.69, 9.17) is 19.5 Å². The molecular weight excluding hydrogens is 290 g/mol. The summed E-state index contributed by atoms with van der Waals surface area (Å²) < 4.78 is 16.5. The summed E-state index contributed by atoms with van der Waals surface area (Å²) in [5, 5.41) is 7.51. The normalized spacial score (nSPS) is 12.0. The van der Waals surface area contributed by atoms with Gasteiger partial charge in [-0.25, -0.2) is 0 Å². The monoisotopic (exact) mass is 327 g/mol. The number of allylic oxidation sites excluding steroid dienone is 1. The molecule has 0 amide bonds. The van der Waals surface area contributed by atoms with Gasteiger partial charge in [-0.2, -0.15) is 5.26 Å². The van der Waals surface area contributed by atoms with Crippen molar-refractivity contribution in [3.05, 3.63) is 12.7 Å². The van der Waals surface area contributed by atoms with Gasteiger partial charge in [-0.05, 0) is 12.8 Å². The van der Waals surface area contributed by atoms with Gasteiger partial charge in [0.25, 0.3) is 5.97 Å². The minimum atomic E-state index is -0.862. The van der Waals surface area contributed by atoms with Crippen molar-refractivity contribution >= 4 is 0 Å². The van der Waals surface area contributed by atoms with Crippen LogP contribution in [0.15, 0.2) is 12.7 Å². The highest BCUT2D eigenvalue weighted by Crippen LogP contribution is 2.32. The molecule has 4 nitrogen and oxygen atoms in total. The SMILES string of the molecule is C=CC#N.CCCCCCCCC(CCC)C(OC)(OC)OC. The second-order valence-electron chi connectivity index (χ2n) is 5.59. The fraction of sp³-hybridized carbons (Fsp3) is 0.842. The summed E-state index contributed by atoms with van der Waals surface area (Å²) in [5.41, 5.74) is 0. The van der Waals surface area contributed by atoms with Crippen molar-refractivity contribution in [1.29, 1.82) is 5.26 Å². The van der Waals surface area contributed by atoms with E-state index in [9.17, 15) is 0 Å². The second-order valence-corrected chi connectivity index (χ2v) is 5.59. The molecule has 0 radical (unpaired) electrons. The molecule has 136 valence electrons. The Bertz CT molecular complexity index is 287. The minimum Gasteiger partial charge on any atom is -0.331 e. The van der Waals surface area contributed by atoms with Gasteiger partial charge in [-0.1, -0.05) is 65.4 Å². The third-order valence-corrected chi connectivity index (χ3v) is 3.99. The standard InChI is InChI=1S/C16H34O3.C3H3N/c1-6-8-9-10-11-12-14-15(13-7-2)16(17-3,18-4)19-5;1-2-3-4/h15H,6-14H2,1-5H3;2H,1H2. The largest absolute Gasteiger partial charge is 0.331 e. The maximum absolute atomic E-state index is 7.51. The van der Waals surface area contributed by atoms with Crippen LogP contribution in [0.25, 0.3) is 0 Å². The smallest absolute Gasteiger partial charge is 0.285 e. The van der Waals surface area contributed by atoms with E-state index in [2.05, 4.69) is 20.4 Å². The summed E-state index contributed by atoms with van der Waals surface area (Å²) in [7, 11) is 4.99. The first-order valence-electron chi connectivity index (χ1n) is 8.78. The van der Waals surface area contributed by atoms with Crippen LogP contribution >= 0.6 is 0 Å². The highest BCUT2D eigenvalue weighted by atomic mass is 16.9. The lowest BCUT2D eigenvalue weighted by Gasteiger charge is -2.36. The van der Waals surface area contributed by atoms with Gasteiger partial charge in [-0.3, -0.25) is 0 Å². The van der Waals surface area contributed by atoms with Crippen molar-refractivity contribution in [3.8, 4) is 6.07 Å². The minimum absolute atomic E-state index is 0.309. The van der Waals surface area contributed by atoms with Gasteiger partial charge >= 0.3 is 0 Å². The Morgan fingerprint density at radius 1 is 0.913 bits per heavy atom. The van der Waals surface area contributed by atoms with Crippen molar-refractivity contribution in [2.45, 2.75) is 77.6 Å². The van der Waals surface area contributed by atoms with Gasteiger partial charge in [-0.15, -0.1) is 0 Å². The van der Waals surface area contributed by atoms with Crippen molar-refractivity contribution < 1.29 is 14.2 Å². The Morgan fingerprint density at radius 2 is 1.39 bits per heavy atom. The number of ether oxygens (including phenoxy) is 3. The first kappa shape index (κ1) is 24.4. The van der Waals surface area contributed by atoms with Crippen molar-refractivity contribution in [3.63, 3.8) is 0 Å². The van der Waals surface area contributed by atoms with Gasteiger partial charge in [0.15, 0.2) is 0 Å². The van der Waals surface area contributed by atoms with Crippen LogP contribution in [0.3, 0.4) is 0 Å². The lowest BCUT2D eigenvalue weighted by molar-refractivity contribution is -0.380. The quantitative estimate of drug-likeness (QED) is 0.257.